The fourth-order valence-corrected chi connectivity index (χ4v) is 1.79. The molecule has 0 spiro atoms. The second kappa shape index (κ2) is 6.75. The fraction of sp³-hybridized carbons (Fsp3) is 0.267. The average Bonchev–Trinajstić information content (AvgIpc) is 2.45. The predicted molar refractivity (Wildman–Crippen MR) is 75.0 cm³/mol. The molecule has 0 aliphatic carbocycles. The number of methoxy groups -OCH3 is 1. The molecule has 0 radical (unpaired) electrons. The minimum atomic E-state index is 0.543. The topological polar surface area (TPSA) is 57.4 Å². The van der Waals surface area contributed by atoms with E-state index in [0.29, 0.717) is 24.7 Å². The van der Waals surface area contributed by atoms with Gasteiger partial charge in [-0.1, -0.05) is 12.1 Å². The number of benzene rings is 1. The Balaban J connectivity index is 1.78. The summed E-state index contributed by atoms with van der Waals surface area (Å²) in [6.07, 6.45) is 2.60. The standard InChI is InChI=1S/C15H18N2O2/c1-18-15-6-5-12(10-14(15)16)11-19-9-7-13-4-2-3-8-17-13/h2-6,8,10H,7,9,11,16H2,1H3. The van der Waals surface area contributed by atoms with Crippen LogP contribution < -0.4 is 10.5 Å². The third-order valence-corrected chi connectivity index (χ3v) is 2.79. The van der Waals surface area contributed by atoms with Gasteiger partial charge in [0.15, 0.2) is 0 Å². The normalized spacial score (nSPS) is 10.4. The van der Waals surface area contributed by atoms with Gasteiger partial charge in [0.25, 0.3) is 0 Å². The number of anilines is 1. The molecule has 0 saturated carbocycles. The van der Waals surface area contributed by atoms with Crippen LogP contribution in [0.2, 0.25) is 0 Å². The molecule has 4 nitrogen and oxygen atoms in total. The van der Waals surface area contributed by atoms with Crippen LogP contribution in [0.25, 0.3) is 0 Å². The van der Waals surface area contributed by atoms with Crippen molar-refractivity contribution < 1.29 is 9.47 Å². The quantitative estimate of drug-likeness (QED) is 0.638. The summed E-state index contributed by atoms with van der Waals surface area (Å²) in [6.45, 7) is 1.18. The lowest BCUT2D eigenvalue weighted by atomic mass is 10.2. The number of hydrogen-bond donors (Lipinski definition) is 1. The molecule has 100 valence electrons. The molecule has 0 fully saturated rings. The molecule has 0 amide bonds. The molecule has 4 heteroatoms. The third-order valence-electron chi connectivity index (χ3n) is 2.79. The molecule has 0 atom stereocenters. The van der Waals surface area contributed by atoms with Gasteiger partial charge in [0.2, 0.25) is 0 Å². The van der Waals surface area contributed by atoms with E-state index in [1.54, 1.807) is 13.3 Å². The number of nitrogens with two attached hydrogens (primary N) is 1. The first-order valence-corrected chi connectivity index (χ1v) is 6.19. The Labute approximate surface area is 113 Å². The lowest BCUT2D eigenvalue weighted by Gasteiger charge is -2.08. The van der Waals surface area contributed by atoms with Gasteiger partial charge in [0, 0.05) is 18.3 Å². The minimum Gasteiger partial charge on any atom is -0.495 e. The molecule has 0 aliphatic heterocycles. The van der Waals surface area contributed by atoms with Gasteiger partial charge in [0.1, 0.15) is 5.75 Å². The molecule has 0 bridgehead atoms. The van der Waals surface area contributed by atoms with E-state index in [2.05, 4.69) is 4.98 Å². The van der Waals surface area contributed by atoms with Gasteiger partial charge in [-0.25, -0.2) is 0 Å². The van der Waals surface area contributed by atoms with Gasteiger partial charge < -0.3 is 15.2 Å². The molecular weight excluding hydrogens is 240 g/mol. The van der Waals surface area contributed by atoms with Crippen LogP contribution in [0.5, 0.6) is 5.75 Å². The first-order chi connectivity index (χ1) is 9.29. The van der Waals surface area contributed by atoms with Gasteiger partial charge in [-0.3, -0.25) is 4.98 Å². The third kappa shape index (κ3) is 3.96. The van der Waals surface area contributed by atoms with Crippen molar-refractivity contribution in [3.05, 3.63) is 53.9 Å². The predicted octanol–water partition coefficient (Wildman–Crippen LogP) is 2.43. The first-order valence-electron chi connectivity index (χ1n) is 6.19. The molecule has 1 aromatic carbocycles. The van der Waals surface area contributed by atoms with Crippen LogP contribution >= 0.6 is 0 Å². The summed E-state index contributed by atoms with van der Waals surface area (Å²) < 4.78 is 10.7. The Morgan fingerprint density at radius 3 is 2.79 bits per heavy atom. The maximum Gasteiger partial charge on any atom is 0.141 e. The Morgan fingerprint density at radius 2 is 2.11 bits per heavy atom. The zero-order valence-electron chi connectivity index (χ0n) is 11.0. The van der Waals surface area contributed by atoms with Gasteiger partial charge in [-0.2, -0.15) is 0 Å². The first kappa shape index (κ1) is 13.4. The Hall–Kier alpha value is -2.07. The van der Waals surface area contributed by atoms with Crippen molar-refractivity contribution in [3.8, 4) is 5.75 Å². The van der Waals surface area contributed by atoms with Crippen molar-refractivity contribution in [3.63, 3.8) is 0 Å². The molecule has 19 heavy (non-hydrogen) atoms. The zero-order chi connectivity index (χ0) is 13.5. The van der Waals surface area contributed by atoms with Crippen LogP contribution in [0.15, 0.2) is 42.6 Å². The van der Waals surface area contributed by atoms with E-state index in [-0.39, 0.29) is 0 Å². The largest absolute Gasteiger partial charge is 0.495 e. The van der Waals surface area contributed by atoms with E-state index in [9.17, 15) is 0 Å². The lowest BCUT2D eigenvalue weighted by Crippen LogP contribution is -2.01. The van der Waals surface area contributed by atoms with Gasteiger partial charge >= 0.3 is 0 Å². The number of nitrogen functional groups attached to an aromatic ring is 1. The molecular formula is C15H18N2O2. The molecule has 0 aliphatic rings. The Morgan fingerprint density at radius 1 is 1.21 bits per heavy atom. The van der Waals surface area contributed by atoms with Crippen LogP contribution in [-0.2, 0) is 17.8 Å². The number of ether oxygens (including phenoxy) is 2. The van der Waals surface area contributed by atoms with E-state index >= 15 is 0 Å². The van der Waals surface area contributed by atoms with E-state index in [4.69, 9.17) is 15.2 Å². The van der Waals surface area contributed by atoms with Crippen LogP contribution in [-0.4, -0.2) is 18.7 Å². The van der Waals surface area contributed by atoms with Crippen molar-refractivity contribution in [1.82, 2.24) is 4.98 Å². The number of rotatable bonds is 6. The highest BCUT2D eigenvalue weighted by molar-refractivity contribution is 5.54. The second-order valence-electron chi connectivity index (χ2n) is 4.20. The van der Waals surface area contributed by atoms with E-state index in [1.807, 2.05) is 36.4 Å². The molecule has 0 unspecified atom stereocenters. The molecule has 1 heterocycles. The van der Waals surface area contributed by atoms with Crippen LogP contribution in [0.4, 0.5) is 5.69 Å². The van der Waals surface area contributed by atoms with Crippen molar-refractivity contribution >= 4 is 5.69 Å². The summed E-state index contributed by atoms with van der Waals surface area (Å²) in [5.74, 6) is 0.692. The highest BCUT2D eigenvalue weighted by atomic mass is 16.5. The fourth-order valence-electron chi connectivity index (χ4n) is 1.79. The summed E-state index contributed by atoms with van der Waals surface area (Å²) in [7, 11) is 1.61. The summed E-state index contributed by atoms with van der Waals surface area (Å²) in [6, 6.07) is 11.6. The van der Waals surface area contributed by atoms with Crippen molar-refractivity contribution in [1.29, 1.82) is 0 Å². The second-order valence-corrected chi connectivity index (χ2v) is 4.20. The molecule has 2 N–H and O–H groups in total. The Bertz CT molecular complexity index is 515. The minimum absolute atomic E-state index is 0.543. The smallest absolute Gasteiger partial charge is 0.141 e. The monoisotopic (exact) mass is 258 g/mol. The van der Waals surface area contributed by atoms with Crippen molar-refractivity contribution in [2.45, 2.75) is 13.0 Å². The highest BCUT2D eigenvalue weighted by Crippen LogP contribution is 2.22. The highest BCUT2D eigenvalue weighted by Gasteiger charge is 2.01. The molecule has 2 rings (SSSR count). The molecule has 1 aromatic heterocycles. The van der Waals surface area contributed by atoms with E-state index in [1.165, 1.54) is 0 Å². The summed E-state index contributed by atoms with van der Waals surface area (Å²) in [4.78, 5) is 4.24. The maximum atomic E-state index is 5.84. The molecule has 0 saturated heterocycles. The maximum absolute atomic E-state index is 5.84. The SMILES string of the molecule is COc1ccc(COCCc2ccccn2)cc1N. The lowest BCUT2D eigenvalue weighted by molar-refractivity contribution is 0.123. The zero-order valence-corrected chi connectivity index (χ0v) is 11.0. The van der Waals surface area contributed by atoms with Gasteiger partial charge in [-0.05, 0) is 29.8 Å². The number of pyridine rings is 1. The number of hydrogen-bond acceptors (Lipinski definition) is 4. The van der Waals surface area contributed by atoms with Crippen molar-refractivity contribution in [2.75, 3.05) is 19.5 Å². The van der Waals surface area contributed by atoms with Gasteiger partial charge in [0.05, 0.1) is 26.0 Å². The summed E-state index contributed by atoms with van der Waals surface area (Å²) in [5.41, 5.74) is 8.55. The van der Waals surface area contributed by atoms with Crippen molar-refractivity contribution in [2.24, 2.45) is 0 Å². The van der Waals surface area contributed by atoms with Crippen LogP contribution in [0.1, 0.15) is 11.3 Å². The van der Waals surface area contributed by atoms with E-state index < -0.39 is 0 Å². The number of aromatic nitrogens is 1. The number of nitrogens with zero attached hydrogens (tertiary/aromatic N) is 1. The molecule has 2 aromatic rings. The summed E-state index contributed by atoms with van der Waals surface area (Å²) >= 11 is 0. The Kier molecular flexibility index (Phi) is 4.75. The summed E-state index contributed by atoms with van der Waals surface area (Å²) in [5, 5.41) is 0. The van der Waals surface area contributed by atoms with Crippen LogP contribution in [0.3, 0.4) is 0 Å². The van der Waals surface area contributed by atoms with E-state index in [0.717, 1.165) is 17.7 Å². The van der Waals surface area contributed by atoms with Crippen LogP contribution in [0, 0.1) is 0 Å². The van der Waals surface area contributed by atoms with Gasteiger partial charge in [-0.15, -0.1) is 0 Å². The average molecular weight is 258 g/mol.